The van der Waals surface area contributed by atoms with Crippen molar-refractivity contribution in [1.82, 2.24) is 0 Å². The highest BCUT2D eigenvalue weighted by molar-refractivity contribution is 7.56. The average molecular weight is 386 g/mol. The van der Waals surface area contributed by atoms with Gasteiger partial charge in [0.1, 0.15) is 5.75 Å². The number of benzene rings is 2. The zero-order valence-corrected chi connectivity index (χ0v) is 19.4. The summed E-state index contributed by atoms with van der Waals surface area (Å²) in [5.41, 5.74) is 4.88. The minimum atomic E-state index is 0.0636. The molecule has 0 aliphatic rings. The van der Waals surface area contributed by atoms with Crippen LogP contribution in [0.15, 0.2) is 30.3 Å². The fraction of sp³-hybridized carbons (Fsp3) is 0.500. The molecule has 2 rings (SSSR count). The minimum Gasteiger partial charge on any atom is -0.507 e. The van der Waals surface area contributed by atoms with Crippen molar-refractivity contribution in [2.75, 3.05) is 4.90 Å². The van der Waals surface area contributed by atoms with Gasteiger partial charge in [-0.05, 0) is 75.8 Å². The van der Waals surface area contributed by atoms with E-state index in [9.17, 15) is 5.11 Å². The number of hydrogen-bond acceptors (Lipinski definition) is 2. The second-order valence-electron chi connectivity index (χ2n) is 9.13. The number of anilines is 1. The molecule has 0 aliphatic carbocycles. The maximum absolute atomic E-state index is 10.8. The van der Waals surface area contributed by atoms with Gasteiger partial charge in [0.25, 0.3) is 0 Å². The summed E-state index contributed by atoms with van der Waals surface area (Å²) in [6.45, 7) is 19.9. The molecule has 1 atom stereocenters. The molecule has 2 aromatic carbocycles. The number of phenols is 1. The van der Waals surface area contributed by atoms with Gasteiger partial charge in [-0.25, -0.2) is 0 Å². The van der Waals surface area contributed by atoms with E-state index < -0.39 is 0 Å². The fourth-order valence-corrected chi connectivity index (χ4v) is 5.06. The van der Waals surface area contributed by atoms with Gasteiger partial charge >= 0.3 is 0 Å². The molecule has 0 amide bonds. The Labute approximate surface area is 167 Å². The third-order valence-corrected chi connectivity index (χ3v) is 6.62. The molecule has 3 heteroatoms. The molecule has 0 fully saturated rings. The Bertz CT molecular complexity index is 795. The molecular weight excluding hydrogens is 349 g/mol. The predicted octanol–water partition coefficient (Wildman–Crippen LogP) is 5.56. The lowest BCUT2D eigenvalue weighted by molar-refractivity contribution is 0.474. The van der Waals surface area contributed by atoms with Crippen LogP contribution in [0, 0.1) is 13.8 Å². The topological polar surface area (TPSA) is 23.5 Å². The van der Waals surface area contributed by atoms with Crippen molar-refractivity contribution in [2.24, 2.45) is 0 Å². The Morgan fingerprint density at radius 1 is 0.926 bits per heavy atom. The Kier molecular flexibility index (Phi) is 6.63. The first-order valence-corrected chi connectivity index (χ1v) is 10.9. The van der Waals surface area contributed by atoms with Gasteiger partial charge in [-0.15, -0.1) is 0 Å². The van der Waals surface area contributed by atoms with Crippen molar-refractivity contribution in [3.63, 3.8) is 0 Å². The first-order valence-electron chi connectivity index (χ1n) is 9.92. The van der Waals surface area contributed by atoms with Crippen LogP contribution >= 0.6 is 8.58 Å². The van der Waals surface area contributed by atoms with Crippen molar-refractivity contribution < 1.29 is 5.11 Å². The summed E-state index contributed by atoms with van der Waals surface area (Å²) in [5, 5.41) is 13.2. The molecular formula is C24H36NOP. The van der Waals surface area contributed by atoms with E-state index in [1.54, 1.807) is 0 Å². The molecule has 0 spiro atoms. The molecule has 1 unspecified atom stereocenters. The quantitative estimate of drug-likeness (QED) is 0.681. The molecule has 0 radical (unpaired) electrons. The van der Waals surface area contributed by atoms with E-state index >= 15 is 0 Å². The zero-order valence-electron chi connectivity index (χ0n) is 18.4. The van der Waals surface area contributed by atoms with Crippen molar-refractivity contribution in [1.29, 1.82) is 0 Å². The van der Waals surface area contributed by atoms with Crippen molar-refractivity contribution >= 4 is 24.9 Å². The highest BCUT2D eigenvalue weighted by atomic mass is 31.1. The summed E-state index contributed by atoms with van der Waals surface area (Å²) < 4.78 is 0. The van der Waals surface area contributed by atoms with Crippen LogP contribution in [0.4, 0.5) is 5.69 Å². The second-order valence-corrected chi connectivity index (χ2v) is 10.4. The lowest BCUT2D eigenvalue weighted by Crippen LogP contribution is -2.39. The van der Waals surface area contributed by atoms with E-state index in [4.69, 9.17) is 0 Å². The molecule has 0 aromatic heterocycles. The summed E-state index contributed by atoms with van der Waals surface area (Å²) in [6.07, 6.45) is 0. The van der Waals surface area contributed by atoms with Crippen LogP contribution in [-0.2, 0) is 5.41 Å². The molecule has 2 nitrogen and oxygen atoms in total. The number of aryl methyl sites for hydroxylation is 2. The summed E-state index contributed by atoms with van der Waals surface area (Å²) in [5.74, 6) is 0.441. The first-order chi connectivity index (χ1) is 12.4. The van der Waals surface area contributed by atoms with Crippen LogP contribution in [0.5, 0.6) is 5.75 Å². The van der Waals surface area contributed by atoms with E-state index in [0.29, 0.717) is 26.4 Å². The van der Waals surface area contributed by atoms with E-state index in [1.165, 1.54) is 22.1 Å². The SMILES string of the molecule is Cc1cc(C(C)(C)C)cc(Pc2c(C)cccc2N(C(C)C)C(C)C)c1O. The van der Waals surface area contributed by atoms with E-state index in [1.807, 2.05) is 6.92 Å². The van der Waals surface area contributed by atoms with Crippen molar-refractivity contribution in [3.8, 4) is 5.75 Å². The van der Waals surface area contributed by atoms with Gasteiger partial charge in [0.05, 0.1) is 0 Å². The molecule has 27 heavy (non-hydrogen) atoms. The van der Waals surface area contributed by atoms with Gasteiger partial charge in [-0.1, -0.05) is 47.6 Å². The van der Waals surface area contributed by atoms with Crippen LogP contribution < -0.4 is 15.5 Å². The van der Waals surface area contributed by atoms with Crippen molar-refractivity contribution in [2.45, 2.75) is 79.8 Å². The third-order valence-electron chi connectivity index (χ3n) is 5.07. The zero-order chi connectivity index (χ0) is 20.5. The minimum absolute atomic E-state index is 0.0636. The van der Waals surface area contributed by atoms with E-state index in [-0.39, 0.29) is 5.41 Å². The smallest absolute Gasteiger partial charge is 0.126 e. The summed E-state index contributed by atoms with van der Waals surface area (Å²) in [7, 11) is 0.432. The molecule has 2 aromatic rings. The number of hydrogen-bond donors (Lipinski definition) is 1. The standard InChI is InChI=1S/C24H36NOP/c1-15(2)25(16(3)4)20-12-10-11-17(5)23(20)27-21-14-19(24(7,8)9)13-18(6)22(21)26/h10-16,26-27H,1-9H3. The molecule has 148 valence electrons. The molecule has 0 saturated carbocycles. The van der Waals surface area contributed by atoms with Gasteiger partial charge in [0, 0.05) is 28.4 Å². The maximum Gasteiger partial charge on any atom is 0.126 e. The third kappa shape index (κ3) is 4.85. The largest absolute Gasteiger partial charge is 0.507 e. The Morgan fingerprint density at radius 3 is 2.04 bits per heavy atom. The highest BCUT2D eigenvalue weighted by Gasteiger charge is 2.22. The maximum atomic E-state index is 10.8. The molecule has 0 saturated heterocycles. The van der Waals surface area contributed by atoms with Gasteiger partial charge in [0.15, 0.2) is 0 Å². The van der Waals surface area contributed by atoms with Crippen LogP contribution in [0.1, 0.15) is 65.2 Å². The Balaban J connectivity index is 2.60. The molecule has 0 aliphatic heterocycles. The van der Waals surface area contributed by atoms with Crippen LogP contribution in [0.2, 0.25) is 0 Å². The normalized spacial score (nSPS) is 12.6. The van der Waals surface area contributed by atoms with Crippen LogP contribution in [0.25, 0.3) is 0 Å². The van der Waals surface area contributed by atoms with Crippen molar-refractivity contribution in [3.05, 3.63) is 47.0 Å². The number of aromatic hydroxyl groups is 1. The molecule has 0 heterocycles. The van der Waals surface area contributed by atoms with Gasteiger partial charge in [-0.2, -0.15) is 0 Å². The van der Waals surface area contributed by atoms with E-state index in [0.717, 1.165) is 10.9 Å². The summed E-state index contributed by atoms with van der Waals surface area (Å²) in [6, 6.07) is 11.7. The van der Waals surface area contributed by atoms with Gasteiger partial charge in [0.2, 0.25) is 0 Å². The Hall–Kier alpha value is -1.53. The number of phenolic OH excluding ortho intramolecular Hbond substituents is 1. The Morgan fingerprint density at radius 2 is 1.52 bits per heavy atom. The number of nitrogens with zero attached hydrogens (tertiary/aromatic N) is 1. The average Bonchev–Trinajstić information content (AvgIpc) is 2.52. The number of rotatable bonds is 5. The summed E-state index contributed by atoms with van der Waals surface area (Å²) >= 11 is 0. The second kappa shape index (κ2) is 8.23. The van der Waals surface area contributed by atoms with Gasteiger partial charge in [-0.3, -0.25) is 0 Å². The highest BCUT2D eigenvalue weighted by Crippen LogP contribution is 2.33. The lowest BCUT2D eigenvalue weighted by atomic mass is 9.86. The fourth-order valence-electron chi connectivity index (χ4n) is 3.63. The first kappa shape index (κ1) is 21.8. The van der Waals surface area contributed by atoms with Crippen LogP contribution in [-0.4, -0.2) is 17.2 Å². The lowest BCUT2D eigenvalue weighted by Gasteiger charge is -2.35. The molecule has 1 N–H and O–H groups in total. The van der Waals surface area contributed by atoms with Crippen LogP contribution in [0.3, 0.4) is 0 Å². The predicted molar refractivity (Wildman–Crippen MR) is 123 cm³/mol. The van der Waals surface area contributed by atoms with E-state index in [2.05, 4.69) is 90.6 Å². The monoisotopic (exact) mass is 385 g/mol. The summed E-state index contributed by atoms with van der Waals surface area (Å²) in [4.78, 5) is 2.48. The van der Waals surface area contributed by atoms with Gasteiger partial charge < -0.3 is 10.0 Å². The molecule has 0 bridgehead atoms.